The van der Waals surface area contributed by atoms with Crippen LogP contribution < -0.4 is 10.1 Å². The molecule has 21 heavy (non-hydrogen) atoms. The molecular weight excluding hydrogens is 266 g/mol. The van der Waals surface area contributed by atoms with Crippen LogP contribution in [-0.4, -0.2) is 24.8 Å². The minimum Gasteiger partial charge on any atom is -0.410 e. The molecule has 4 nitrogen and oxygen atoms in total. The van der Waals surface area contributed by atoms with Crippen molar-refractivity contribution in [2.75, 3.05) is 6.61 Å². The fraction of sp³-hybridized carbons (Fsp3) is 0.235. The SMILES string of the molecule is O=C(NC(Cc1ccccc1)C1CO1)Oc1ccccc1. The van der Waals surface area contributed by atoms with Gasteiger partial charge in [0.05, 0.1) is 12.6 Å². The predicted octanol–water partition coefficient (Wildman–Crippen LogP) is 2.79. The highest BCUT2D eigenvalue weighted by atomic mass is 16.6. The lowest BCUT2D eigenvalue weighted by Gasteiger charge is -2.16. The summed E-state index contributed by atoms with van der Waals surface area (Å²) < 4.78 is 10.6. The number of carbonyl (C=O) groups is 1. The van der Waals surface area contributed by atoms with Gasteiger partial charge in [-0.15, -0.1) is 0 Å². The molecule has 0 aromatic heterocycles. The summed E-state index contributed by atoms with van der Waals surface area (Å²) in [6.07, 6.45) is 0.362. The summed E-state index contributed by atoms with van der Waals surface area (Å²) in [4.78, 5) is 12.0. The molecule has 3 rings (SSSR count). The minimum atomic E-state index is -0.447. The summed E-state index contributed by atoms with van der Waals surface area (Å²) in [5.74, 6) is 0.533. The highest BCUT2D eigenvalue weighted by Gasteiger charge is 2.34. The Bertz CT molecular complexity index is 581. The highest BCUT2D eigenvalue weighted by Crippen LogP contribution is 2.18. The van der Waals surface area contributed by atoms with Gasteiger partial charge in [-0.25, -0.2) is 4.79 Å². The standard InChI is InChI=1S/C17H17NO3/c19-17(21-14-9-5-2-6-10-14)18-15(16-12-20-16)11-13-7-3-1-4-8-13/h1-10,15-16H,11-12H2,(H,18,19). The molecule has 108 valence electrons. The number of ether oxygens (including phenoxy) is 2. The molecule has 2 aromatic rings. The number of epoxide rings is 1. The summed E-state index contributed by atoms with van der Waals surface area (Å²) in [5.41, 5.74) is 1.16. The van der Waals surface area contributed by atoms with Gasteiger partial charge in [-0.05, 0) is 24.1 Å². The normalized spacial score (nSPS) is 17.8. The zero-order chi connectivity index (χ0) is 14.5. The molecule has 1 saturated heterocycles. The highest BCUT2D eigenvalue weighted by molar-refractivity contribution is 5.70. The zero-order valence-corrected chi connectivity index (χ0v) is 11.6. The second-order valence-corrected chi connectivity index (χ2v) is 5.01. The molecule has 1 aliphatic rings. The van der Waals surface area contributed by atoms with Crippen LogP contribution in [0.5, 0.6) is 5.75 Å². The monoisotopic (exact) mass is 283 g/mol. The van der Waals surface area contributed by atoms with E-state index in [1.54, 1.807) is 12.1 Å². The average molecular weight is 283 g/mol. The summed E-state index contributed by atoms with van der Waals surface area (Å²) in [6, 6.07) is 19.0. The van der Waals surface area contributed by atoms with Crippen molar-refractivity contribution in [3.63, 3.8) is 0 Å². The van der Waals surface area contributed by atoms with Gasteiger partial charge in [-0.1, -0.05) is 48.5 Å². The van der Waals surface area contributed by atoms with Gasteiger partial charge in [0.15, 0.2) is 0 Å². The lowest BCUT2D eigenvalue weighted by Crippen LogP contribution is -2.42. The molecule has 4 heteroatoms. The van der Waals surface area contributed by atoms with Crippen molar-refractivity contribution >= 4 is 6.09 Å². The second kappa shape index (κ2) is 6.41. The molecule has 1 N–H and O–H groups in total. The Labute approximate surface area is 123 Å². The fourth-order valence-corrected chi connectivity index (χ4v) is 2.21. The van der Waals surface area contributed by atoms with Crippen molar-refractivity contribution in [3.05, 3.63) is 66.2 Å². The molecule has 0 aliphatic carbocycles. The summed E-state index contributed by atoms with van der Waals surface area (Å²) in [5, 5.41) is 2.89. The molecule has 1 fully saturated rings. The van der Waals surface area contributed by atoms with Crippen LogP contribution >= 0.6 is 0 Å². The van der Waals surface area contributed by atoms with E-state index < -0.39 is 6.09 Å². The van der Waals surface area contributed by atoms with Gasteiger partial charge in [0.25, 0.3) is 0 Å². The van der Waals surface area contributed by atoms with E-state index in [4.69, 9.17) is 9.47 Å². The lowest BCUT2D eigenvalue weighted by atomic mass is 10.0. The van der Waals surface area contributed by atoms with Gasteiger partial charge in [0.2, 0.25) is 0 Å². The van der Waals surface area contributed by atoms with E-state index in [9.17, 15) is 4.79 Å². The number of nitrogens with one attached hydrogen (secondary N) is 1. The van der Waals surface area contributed by atoms with Crippen molar-refractivity contribution < 1.29 is 14.3 Å². The minimum absolute atomic E-state index is 0.0661. The van der Waals surface area contributed by atoms with Crippen LogP contribution in [0, 0.1) is 0 Å². The van der Waals surface area contributed by atoms with E-state index in [0.29, 0.717) is 12.4 Å². The van der Waals surface area contributed by atoms with Gasteiger partial charge in [-0.2, -0.15) is 0 Å². The molecule has 2 unspecified atom stereocenters. The maximum absolute atomic E-state index is 12.0. The molecule has 0 saturated carbocycles. The van der Waals surface area contributed by atoms with E-state index in [1.165, 1.54) is 0 Å². The maximum Gasteiger partial charge on any atom is 0.412 e. The van der Waals surface area contributed by atoms with Crippen LogP contribution in [0.25, 0.3) is 0 Å². The topological polar surface area (TPSA) is 50.9 Å². The molecular formula is C17H17NO3. The molecule has 1 aliphatic heterocycles. The first kappa shape index (κ1) is 13.6. The molecule has 2 atom stereocenters. The molecule has 0 spiro atoms. The van der Waals surface area contributed by atoms with Crippen molar-refractivity contribution in [2.45, 2.75) is 18.6 Å². The number of rotatable bonds is 5. The third-order valence-corrected chi connectivity index (χ3v) is 3.36. The van der Waals surface area contributed by atoms with Crippen LogP contribution in [0.1, 0.15) is 5.56 Å². The number of hydrogen-bond acceptors (Lipinski definition) is 3. The Morgan fingerprint density at radius 2 is 1.76 bits per heavy atom. The second-order valence-electron chi connectivity index (χ2n) is 5.01. The number of para-hydroxylation sites is 1. The first-order chi connectivity index (χ1) is 10.3. The largest absolute Gasteiger partial charge is 0.412 e. The zero-order valence-electron chi connectivity index (χ0n) is 11.6. The van der Waals surface area contributed by atoms with Crippen molar-refractivity contribution in [2.24, 2.45) is 0 Å². The fourth-order valence-electron chi connectivity index (χ4n) is 2.21. The maximum atomic E-state index is 12.0. The van der Waals surface area contributed by atoms with Crippen LogP contribution in [0.3, 0.4) is 0 Å². The molecule has 2 aromatic carbocycles. The Morgan fingerprint density at radius 1 is 1.14 bits per heavy atom. The lowest BCUT2D eigenvalue weighted by molar-refractivity contribution is 0.192. The smallest absolute Gasteiger partial charge is 0.410 e. The Morgan fingerprint density at radius 3 is 2.38 bits per heavy atom. The van der Waals surface area contributed by atoms with Crippen LogP contribution in [0.15, 0.2) is 60.7 Å². The quantitative estimate of drug-likeness (QED) is 0.858. The van der Waals surface area contributed by atoms with E-state index in [0.717, 1.165) is 12.0 Å². The molecule has 0 bridgehead atoms. The Hall–Kier alpha value is -2.33. The van der Waals surface area contributed by atoms with Crippen LogP contribution in [-0.2, 0) is 11.2 Å². The van der Waals surface area contributed by atoms with Crippen LogP contribution in [0.2, 0.25) is 0 Å². The predicted molar refractivity (Wildman–Crippen MR) is 79.3 cm³/mol. The average Bonchev–Trinajstić information content (AvgIpc) is 3.33. The van der Waals surface area contributed by atoms with Gasteiger partial charge in [0, 0.05) is 0 Å². The van der Waals surface area contributed by atoms with E-state index in [1.807, 2.05) is 48.5 Å². The molecule has 1 amide bonds. The van der Waals surface area contributed by atoms with Crippen LogP contribution in [0.4, 0.5) is 4.79 Å². The Balaban J connectivity index is 1.59. The van der Waals surface area contributed by atoms with Gasteiger partial charge in [-0.3, -0.25) is 0 Å². The summed E-state index contributed by atoms with van der Waals surface area (Å²) in [7, 11) is 0. The number of benzene rings is 2. The van der Waals surface area contributed by atoms with Gasteiger partial charge in [0.1, 0.15) is 11.9 Å². The van der Waals surface area contributed by atoms with Crippen molar-refractivity contribution in [1.82, 2.24) is 5.32 Å². The third-order valence-electron chi connectivity index (χ3n) is 3.36. The molecule has 0 radical (unpaired) electrons. The van der Waals surface area contributed by atoms with E-state index >= 15 is 0 Å². The summed E-state index contributed by atoms with van der Waals surface area (Å²) in [6.45, 7) is 0.684. The first-order valence-corrected chi connectivity index (χ1v) is 7.00. The molecule has 1 heterocycles. The summed E-state index contributed by atoms with van der Waals surface area (Å²) >= 11 is 0. The number of carbonyl (C=O) groups excluding carboxylic acids is 1. The third kappa shape index (κ3) is 4.07. The van der Waals surface area contributed by atoms with Crippen molar-refractivity contribution in [3.8, 4) is 5.75 Å². The van der Waals surface area contributed by atoms with E-state index in [2.05, 4.69) is 5.32 Å². The van der Waals surface area contributed by atoms with E-state index in [-0.39, 0.29) is 12.1 Å². The number of amides is 1. The first-order valence-electron chi connectivity index (χ1n) is 7.00. The van der Waals surface area contributed by atoms with Crippen molar-refractivity contribution in [1.29, 1.82) is 0 Å². The van der Waals surface area contributed by atoms with Gasteiger partial charge < -0.3 is 14.8 Å². The van der Waals surface area contributed by atoms with Gasteiger partial charge >= 0.3 is 6.09 Å². The Kier molecular flexibility index (Phi) is 4.17. The number of hydrogen-bond donors (Lipinski definition) is 1.